The Labute approximate surface area is 156 Å². The summed E-state index contributed by atoms with van der Waals surface area (Å²) >= 11 is 0. The lowest BCUT2D eigenvalue weighted by atomic mass is 10.1. The lowest BCUT2D eigenvalue weighted by Gasteiger charge is -2.14. The van der Waals surface area contributed by atoms with E-state index in [0.717, 1.165) is 5.39 Å². The monoisotopic (exact) mass is 371 g/mol. The van der Waals surface area contributed by atoms with Gasteiger partial charge in [0.15, 0.2) is 17.3 Å². The fourth-order valence-corrected chi connectivity index (χ4v) is 2.91. The Balaban J connectivity index is 1.98. The van der Waals surface area contributed by atoms with Crippen LogP contribution in [0.1, 0.15) is 16.1 Å². The second-order valence-corrected chi connectivity index (χ2v) is 5.71. The first-order chi connectivity index (χ1) is 13.1. The van der Waals surface area contributed by atoms with Gasteiger partial charge in [0.1, 0.15) is 5.58 Å². The minimum Gasteiger partial charge on any atom is -0.493 e. The van der Waals surface area contributed by atoms with Gasteiger partial charge in [-0.1, -0.05) is 18.2 Å². The zero-order chi connectivity index (χ0) is 19.4. The topological polar surface area (TPSA) is 79.2 Å². The molecule has 27 heavy (non-hydrogen) atoms. The van der Waals surface area contributed by atoms with Gasteiger partial charge in [-0.25, -0.2) is 0 Å². The summed E-state index contributed by atoms with van der Waals surface area (Å²) in [6.45, 7) is 0.259. The molecule has 7 nitrogen and oxygen atoms in total. The minimum absolute atomic E-state index is 0.201. The average molecular weight is 371 g/mol. The summed E-state index contributed by atoms with van der Waals surface area (Å²) in [7, 11) is 6.12. The molecule has 0 fully saturated rings. The molecule has 2 aromatic carbocycles. The third kappa shape index (κ3) is 3.54. The first-order valence-electron chi connectivity index (χ1n) is 8.23. The molecule has 0 spiro atoms. The normalized spacial score (nSPS) is 10.7. The second-order valence-electron chi connectivity index (χ2n) is 5.71. The Morgan fingerprint density at radius 1 is 1.00 bits per heavy atom. The third-order valence-corrected chi connectivity index (χ3v) is 4.12. The number of benzene rings is 2. The number of amides is 1. The number of hydrogen-bond acceptors (Lipinski definition) is 6. The highest BCUT2D eigenvalue weighted by Gasteiger charge is 2.22. The van der Waals surface area contributed by atoms with E-state index < -0.39 is 5.91 Å². The van der Waals surface area contributed by atoms with Gasteiger partial charge >= 0.3 is 0 Å². The van der Waals surface area contributed by atoms with Crippen LogP contribution in [-0.2, 0) is 11.3 Å². The van der Waals surface area contributed by atoms with Crippen LogP contribution in [0.15, 0.2) is 40.8 Å². The van der Waals surface area contributed by atoms with Crippen LogP contribution in [0.2, 0.25) is 0 Å². The molecule has 7 heteroatoms. The van der Waals surface area contributed by atoms with Crippen LogP contribution in [0.3, 0.4) is 0 Å². The Hall–Kier alpha value is -3.19. The van der Waals surface area contributed by atoms with Crippen molar-refractivity contribution in [2.45, 2.75) is 6.61 Å². The smallest absolute Gasteiger partial charge is 0.291 e. The third-order valence-electron chi connectivity index (χ3n) is 4.12. The lowest BCUT2D eigenvalue weighted by molar-refractivity contribution is 0.0992. The molecule has 3 aromatic rings. The van der Waals surface area contributed by atoms with Gasteiger partial charge in [0.2, 0.25) is 5.75 Å². The predicted octanol–water partition coefficient (Wildman–Crippen LogP) is 3.86. The average Bonchev–Trinajstić information content (AvgIpc) is 3.06. The van der Waals surface area contributed by atoms with Gasteiger partial charge in [-0.3, -0.25) is 4.79 Å². The van der Waals surface area contributed by atoms with Gasteiger partial charge in [-0.15, -0.1) is 0 Å². The van der Waals surface area contributed by atoms with Crippen molar-refractivity contribution in [1.29, 1.82) is 0 Å². The Kier molecular flexibility index (Phi) is 5.52. The number of fused-ring (bicyclic) bond motifs is 1. The fourth-order valence-electron chi connectivity index (χ4n) is 2.91. The van der Waals surface area contributed by atoms with E-state index in [1.165, 1.54) is 21.3 Å². The molecule has 142 valence electrons. The molecule has 1 aromatic heterocycles. The summed E-state index contributed by atoms with van der Waals surface area (Å²) in [5.74, 6) is 1.13. The first-order valence-corrected chi connectivity index (χ1v) is 8.23. The molecule has 1 heterocycles. The number of methoxy groups -OCH3 is 4. The van der Waals surface area contributed by atoms with Gasteiger partial charge in [-0.2, -0.15) is 0 Å². The number of nitrogens with one attached hydrogen (secondary N) is 1. The molecular formula is C20H21NO6. The number of rotatable bonds is 7. The standard InChI is InChI=1S/C20H21NO6/c1-23-11-14-13-7-5-6-8-15(13)27-18(14)20(22)21-12-9-16(24-2)19(26-4)17(10-12)25-3/h5-10H,11H2,1-4H3,(H,21,22). The zero-order valence-electron chi connectivity index (χ0n) is 15.6. The first kappa shape index (κ1) is 18.6. The number of carbonyl (C=O) groups is 1. The van der Waals surface area contributed by atoms with Gasteiger partial charge < -0.3 is 28.7 Å². The molecule has 0 aliphatic heterocycles. The van der Waals surface area contributed by atoms with Crippen molar-refractivity contribution in [3.63, 3.8) is 0 Å². The molecule has 1 N–H and O–H groups in total. The summed E-state index contributed by atoms with van der Waals surface area (Å²) in [5, 5.41) is 3.66. The highest BCUT2D eigenvalue weighted by molar-refractivity contribution is 6.06. The molecule has 0 atom stereocenters. The molecule has 0 radical (unpaired) electrons. The molecule has 0 aliphatic rings. The Morgan fingerprint density at radius 2 is 1.67 bits per heavy atom. The van der Waals surface area contributed by atoms with Crippen LogP contribution in [0.4, 0.5) is 5.69 Å². The van der Waals surface area contributed by atoms with Crippen molar-refractivity contribution in [3.8, 4) is 17.2 Å². The second kappa shape index (κ2) is 8.01. The van der Waals surface area contributed by atoms with Crippen molar-refractivity contribution in [2.75, 3.05) is 33.8 Å². The largest absolute Gasteiger partial charge is 0.493 e. The molecular weight excluding hydrogens is 350 g/mol. The molecule has 0 aliphatic carbocycles. The maximum Gasteiger partial charge on any atom is 0.291 e. The van der Waals surface area contributed by atoms with Crippen LogP contribution in [-0.4, -0.2) is 34.3 Å². The molecule has 3 rings (SSSR count). The summed E-state index contributed by atoms with van der Waals surface area (Å²) in [4.78, 5) is 12.9. The molecule has 1 amide bonds. The number of furan rings is 1. The maximum absolute atomic E-state index is 12.9. The fraction of sp³-hybridized carbons (Fsp3) is 0.250. The summed E-state index contributed by atoms with van der Waals surface area (Å²) in [6.07, 6.45) is 0. The Morgan fingerprint density at radius 3 is 2.26 bits per heavy atom. The summed E-state index contributed by atoms with van der Waals surface area (Å²) in [5.41, 5.74) is 1.80. The number of ether oxygens (including phenoxy) is 4. The number of para-hydroxylation sites is 1. The molecule has 0 unspecified atom stereocenters. The van der Waals surface area contributed by atoms with Gasteiger partial charge in [-0.05, 0) is 6.07 Å². The number of carbonyl (C=O) groups excluding carboxylic acids is 1. The van der Waals surface area contributed by atoms with Crippen molar-refractivity contribution < 1.29 is 28.2 Å². The van der Waals surface area contributed by atoms with Gasteiger partial charge in [0, 0.05) is 35.9 Å². The number of anilines is 1. The SMILES string of the molecule is COCc1c(C(=O)Nc2cc(OC)c(OC)c(OC)c2)oc2ccccc12. The van der Waals surface area contributed by atoms with Crippen LogP contribution in [0.25, 0.3) is 11.0 Å². The lowest BCUT2D eigenvalue weighted by Crippen LogP contribution is -2.13. The zero-order valence-corrected chi connectivity index (χ0v) is 15.6. The van der Waals surface area contributed by atoms with E-state index in [9.17, 15) is 4.79 Å². The van der Waals surface area contributed by atoms with Crippen molar-refractivity contribution in [1.82, 2.24) is 0 Å². The number of hydrogen-bond donors (Lipinski definition) is 1. The summed E-state index contributed by atoms with van der Waals surface area (Å²) < 4.78 is 26.9. The minimum atomic E-state index is -0.396. The highest BCUT2D eigenvalue weighted by atomic mass is 16.5. The van der Waals surface area contributed by atoms with Crippen LogP contribution >= 0.6 is 0 Å². The van der Waals surface area contributed by atoms with E-state index in [4.69, 9.17) is 23.4 Å². The van der Waals surface area contributed by atoms with E-state index in [0.29, 0.717) is 34.1 Å². The van der Waals surface area contributed by atoms with Crippen LogP contribution < -0.4 is 19.5 Å². The molecule has 0 bridgehead atoms. The van der Waals surface area contributed by atoms with Crippen molar-refractivity contribution in [3.05, 3.63) is 47.7 Å². The van der Waals surface area contributed by atoms with E-state index >= 15 is 0 Å². The van der Waals surface area contributed by atoms with Crippen molar-refractivity contribution in [2.24, 2.45) is 0 Å². The maximum atomic E-state index is 12.9. The van der Waals surface area contributed by atoms with Gasteiger partial charge in [0.25, 0.3) is 5.91 Å². The molecule has 0 saturated heterocycles. The predicted molar refractivity (Wildman–Crippen MR) is 101 cm³/mol. The van der Waals surface area contributed by atoms with Gasteiger partial charge in [0.05, 0.1) is 27.9 Å². The van der Waals surface area contributed by atoms with E-state index in [1.807, 2.05) is 24.3 Å². The molecule has 0 saturated carbocycles. The van der Waals surface area contributed by atoms with E-state index in [-0.39, 0.29) is 12.4 Å². The van der Waals surface area contributed by atoms with Crippen LogP contribution in [0, 0.1) is 0 Å². The van der Waals surface area contributed by atoms with E-state index in [1.54, 1.807) is 19.2 Å². The van der Waals surface area contributed by atoms with Crippen molar-refractivity contribution >= 4 is 22.6 Å². The quantitative estimate of drug-likeness (QED) is 0.679. The highest BCUT2D eigenvalue weighted by Crippen LogP contribution is 2.40. The van der Waals surface area contributed by atoms with E-state index in [2.05, 4.69) is 5.32 Å². The van der Waals surface area contributed by atoms with Crippen LogP contribution in [0.5, 0.6) is 17.2 Å². The Bertz CT molecular complexity index is 937. The summed E-state index contributed by atoms with van der Waals surface area (Å²) in [6, 6.07) is 10.7.